The van der Waals surface area contributed by atoms with E-state index in [2.05, 4.69) is 11.4 Å². The van der Waals surface area contributed by atoms with Crippen LogP contribution in [0.2, 0.25) is 0 Å². The number of carbonyl (C=O) groups is 1. The van der Waals surface area contributed by atoms with Crippen molar-refractivity contribution in [2.24, 2.45) is 0 Å². The number of amides is 1. The smallest absolute Gasteiger partial charge is 0.225 e. The standard InChI is InChI=1S/C17H13FN2O2S/c18-14-5-2-1-4-11(14)10-23-17-13(9-19)12(8-16(21)20-17)15-6-3-7-22-15/h1-7,12H,8,10H2,(H,20,21)/t12-/m0/s1. The predicted molar refractivity (Wildman–Crippen MR) is 84.5 cm³/mol. The van der Waals surface area contributed by atoms with Crippen LogP contribution in [0.1, 0.15) is 23.7 Å². The van der Waals surface area contributed by atoms with Crippen LogP contribution in [0, 0.1) is 17.1 Å². The van der Waals surface area contributed by atoms with Crippen molar-refractivity contribution in [3.8, 4) is 6.07 Å². The number of allylic oxidation sites excluding steroid dienone is 1. The van der Waals surface area contributed by atoms with E-state index in [0.29, 0.717) is 27.7 Å². The summed E-state index contributed by atoms with van der Waals surface area (Å²) in [6.45, 7) is 0. The second-order valence-corrected chi connectivity index (χ2v) is 6.04. The van der Waals surface area contributed by atoms with Crippen molar-refractivity contribution in [3.63, 3.8) is 0 Å². The highest BCUT2D eigenvalue weighted by Crippen LogP contribution is 2.37. The molecule has 23 heavy (non-hydrogen) atoms. The fourth-order valence-electron chi connectivity index (χ4n) is 2.43. The molecular weight excluding hydrogens is 315 g/mol. The second-order valence-electron chi connectivity index (χ2n) is 5.05. The summed E-state index contributed by atoms with van der Waals surface area (Å²) >= 11 is 1.25. The molecule has 2 heterocycles. The molecule has 0 radical (unpaired) electrons. The zero-order chi connectivity index (χ0) is 16.2. The molecule has 1 aliphatic rings. The highest BCUT2D eigenvalue weighted by molar-refractivity contribution is 8.02. The Kier molecular flexibility index (Phi) is 4.49. The number of hydrogen-bond donors (Lipinski definition) is 1. The van der Waals surface area contributed by atoms with Gasteiger partial charge in [0.1, 0.15) is 11.6 Å². The number of carbonyl (C=O) groups excluding carboxylic acids is 1. The molecule has 2 aromatic rings. The van der Waals surface area contributed by atoms with Crippen molar-refractivity contribution in [3.05, 3.63) is 70.4 Å². The molecular formula is C17H13FN2O2S. The quantitative estimate of drug-likeness (QED) is 0.929. The maximum absolute atomic E-state index is 13.7. The molecule has 0 aliphatic carbocycles. The molecule has 0 unspecified atom stereocenters. The Morgan fingerprint density at radius 1 is 1.35 bits per heavy atom. The van der Waals surface area contributed by atoms with Gasteiger partial charge in [-0.25, -0.2) is 4.39 Å². The molecule has 116 valence electrons. The lowest BCUT2D eigenvalue weighted by atomic mass is 9.92. The third-order valence-corrected chi connectivity index (χ3v) is 4.64. The van der Waals surface area contributed by atoms with Crippen molar-refractivity contribution in [2.75, 3.05) is 0 Å². The van der Waals surface area contributed by atoms with E-state index < -0.39 is 5.92 Å². The van der Waals surface area contributed by atoms with Crippen LogP contribution in [0.25, 0.3) is 0 Å². The van der Waals surface area contributed by atoms with Crippen molar-refractivity contribution in [2.45, 2.75) is 18.1 Å². The van der Waals surface area contributed by atoms with E-state index in [1.54, 1.807) is 30.3 Å². The number of nitriles is 1. The van der Waals surface area contributed by atoms with Crippen molar-refractivity contribution < 1.29 is 13.6 Å². The summed E-state index contributed by atoms with van der Waals surface area (Å²) in [7, 11) is 0. The van der Waals surface area contributed by atoms with Crippen LogP contribution in [-0.4, -0.2) is 5.91 Å². The second kappa shape index (κ2) is 6.71. The van der Waals surface area contributed by atoms with Gasteiger partial charge in [-0.2, -0.15) is 5.26 Å². The minimum absolute atomic E-state index is 0.167. The SMILES string of the molecule is N#CC1=C(SCc2ccccc2F)NC(=O)C[C@@H]1c1ccco1. The van der Waals surface area contributed by atoms with Crippen molar-refractivity contribution >= 4 is 17.7 Å². The molecule has 3 rings (SSSR count). The van der Waals surface area contributed by atoms with E-state index in [-0.39, 0.29) is 18.1 Å². The number of rotatable bonds is 4. The lowest BCUT2D eigenvalue weighted by Crippen LogP contribution is -2.30. The molecule has 1 aliphatic heterocycles. The predicted octanol–water partition coefficient (Wildman–Crippen LogP) is 3.69. The van der Waals surface area contributed by atoms with Crippen LogP contribution >= 0.6 is 11.8 Å². The number of hydrogen-bond acceptors (Lipinski definition) is 4. The summed E-state index contributed by atoms with van der Waals surface area (Å²) in [5.74, 6) is 0.0377. The third kappa shape index (κ3) is 3.30. The average molecular weight is 328 g/mol. The molecule has 0 fully saturated rings. The number of furan rings is 1. The summed E-state index contributed by atoms with van der Waals surface area (Å²) in [6, 6.07) is 12.1. The zero-order valence-corrected chi connectivity index (χ0v) is 12.9. The van der Waals surface area contributed by atoms with Gasteiger partial charge in [-0.1, -0.05) is 18.2 Å². The molecule has 1 aromatic carbocycles. The summed E-state index contributed by atoms with van der Waals surface area (Å²) in [5, 5.41) is 12.7. The topological polar surface area (TPSA) is 66.0 Å². The van der Waals surface area contributed by atoms with E-state index in [0.717, 1.165) is 0 Å². The van der Waals surface area contributed by atoms with E-state index in [1.807, 2.05) is 0 Å². The first-order valence-corrected chi connectivity index (χ1v) is 8.01. The van der Waals surface area contributed by atoms with Gasteiger partial charge in [0, 0.05) is 12.2 Å². The van der Waals surface area contributed by atoms with Crippen LogP contribution in [0.5, 0.6) is 0 Å². The normalized spacial score (nSPS) is 17.7. The van der Waals surface area contributed by atoms with Crippen LogP contribution < -0.4 is 5.32 Å². The average Bonchev–Trinajstić information content (AvgIpc) is 3.08. The number of benzene rings is 1. The molecule has 1 N–H and O–H groups in total. The van der Waals surface area contributed by atoms with E-state index in [4.69, 9.17) is 4.42 Å². The van der Waals surface area contributed by atoms with Gasteiger partial charge in [0.05, 0.1) is 28.9 Å². The van der Waals surface area contributed by atoms with Crippen LogP contribution in [0.15, 0.2) is 57.7 Å². The van der Waals surface area contributed by atoms with Gasteiger partial charge in [-0.15, -0.1) is 11.8 Å². The van der Waals surface area contributed by atoms with Crippen molar-refractivity contribution in [1.82, 2.24) is 5.32 Å². The molecule has 6 heteroatoms. The van der Waals surface area contributed by atoms with Gasteiger partial charge in [-0.3, -0.25) is 4.79 Å². The first kappa shape index (κ1) is 15.4. The van der Waals surface area contributed by atoms with E-state index in [9.17, 15) is 14.4 Å². The van der Waals surface area contributed by atoms with Crippen LogP contribution in [0.3, 0.4) is 0 Å². The largest absolute Gasteiger partial charge is 0.469 e. The number of nitrogens with one attached hydrogen (secondary N) is 1. The fraction of sp³-hybridized carbons (Fsp3) is 0.176. The number of thioether (sulfide) groups is 1. The number of halogens is 1. The summed E-state index contributed by atoms with van der Waals surface area (Å²) in [5.41, 5.74) is 0.970. The molecule has 0 saturated heterocycles. The molecule has 1 atom stereocenters. The Hall–Kier alpha value is -2.52. The fourth-order valence-corrected chi connectivity index (χ4v) is 3.49. The minimum atomic E-state index is -0.396. The Morgan fingerprint density at radius 2 is 2.17 bits per heavy atom. The Labute approximate surface area is 137 Å². The van der Waals surface area contributed by atoms with Gasteiger partial charge in [0.2, 0.25) is 5.91 Å². The third-order valence-electron chi connectivity index (χ3n) is 3.57. The Morgan fingerprint density at radius 3 is 2.87 bits per heavy atom. The maximum atomic E-state index is 13.7. The van der Waals surface area contributed by atoms with Crippen LogP contribution in [-0.2, 0) is 10.5 Å². The lowest BCUT2D eigenvalue weighted by molar-refractivity contribution is -0.120. The zero-order valence-electron chi connectivity index (χ0n) is 12.1. The Balaban J connectivity index is 1.87. The molecule has 4 nitrogen and oxygen atoms in total. The molecule has 0 bridgehead atoms. The Bertz CT molecular complexity index is 793. The van der Waals surface area contributed by atoms with Gasteiger partial charge >= 0.3 is 0 Å². The minimum Gasteiger partial charge on any atom is -0.469 e. The van der Waals surface area contributed by atoms with Crippen LogP contribution in [0.4, 0.5) is 4.39 Å². The summed E-state index contributed by atoms with van der Waals surface area (Å²) < 4.78 is 19.1. The number of nitrogens with zero attached hydrogens (tertiary/aromatic N) is 1. The molecule has 1 aromatic heterocycles. The molecule has 0 spiro atoms. The van der Waals surface area contributed by atoms with E-state index in [1.165, 1.54) is 24.1 Å². The molecule has 1 amide bonds. The van der Waals surface area contributed by atoms with Gasteiger partial charge in [0.25, 0.3) is 0 Å². The first-order valence-electron chi connectivity index (χ1n) is 7.02. The first-order chi connectivity index (χ1) is 11.2. The lowest BCUT2D eigenvalue weighted by Gasteiger charge is -2.23. The maximum Gasteiger partial charge on any atom is 0.225 e. The highest BCUT2D eigenvalue weighted by atomic mass is 32.2. The molecule has 0 saturated carbocycles. The van der Waals surface area contributed by atoms with Gasteiger partial charge in [0.15, 0.2) is 0 Å². The van der Waals surface area contributed by atoms with Crippen molar-refractivity contribution in [1.29, 1.82) is 5.26 Å². The summed E-state index contributed by atoms with van der Waals surface area (Å²) in [6.07, 6.45) is 1.68. The van der Waals surface area contributed by atoms with E-state index >= 15 is 0 Å². The van der Waals surface area contributed by atoms with Gasteiger partial charge in [-0.05, 0) is 23.8 Å². The highest BCUT2D eigenvalue weighted by Gasteiger charge is 2.31. The monoisotopic (exact) mass is 328 g/mol. The van der Waals surface area contributed by atoms with Gasteiger partial charge < -0.3 is 9.73 Å². The summed E-state index contributed by atoms with van der Waals surface area (Å²) in [4.78, 5) is 11.9.